The molecule has 0 bridgehead atoms. The molecule has 1 atom stereocenters. The van der Waals surface area contributed by atoms with Crippen molar-refractivity contribution in [3.63, 3.8) is 0 Å². The standard InChI is InChI=1S/C23H21F5N4O3/c1-21(10-33)9-31-20(34-11-21)32-12-6-14(24)18(15(25)7-12)35-16-2-5-29-19-17(16)13(8-30-19)22(3-4-22)23(26,27)28/h2,5-8,33H,3-4,9-11H2,1H3,(H,29,30)(H,31,32). The van der Waals surface area contributed by atoms with Crippen LogP contribution in [0.5, 0.6) is 11.5 Å². The number of aliphatic imine (C=N–C) groups is 1. The lowest BCUT2D eigenvalue weighted by molar-refractivity contribution is -0.160. The summed E-state index contributed by atoms with van der Waals surface area (Å²) in [5, 5.41) is 12.1. The van der Waals surface area contributed by atoms with E-state index in [4.69, 9.17) is 9.47 Å². The van der Waals surface area contributed by atoms with Crippen LogP contribution in [0.2, 0.25) is 0 Å². The molecule has 1 aliphatic heterocycles. The van der Waals surface area contributed by atoms with Gasteiger partial charge in [0.1, 0.15) is 18.0 Å². The van der Waals surface area contributed by atoms with Gasteiger partial charge in [-0.2, -0.15) is 13.2 Å². The zero-order valence-electron chi connectivity index (χ0n) is 18.5. The van der Waals surface area contributed by atoms with Crippen molar-refractivity contribution in [1.82, 2.24) is 9.97 Å². The number of aromatic nitrogens is 2. The number of benzene rings is 1. The van der Waals surface area contributed by atoms with Gasteiger partial charge in [-0.15, -0.1) is 0 Å². The quantitative estimate of drug-likeness (QED) is 0.432. The number of aliphatic hydroxyl groups is 1. The molecule has 0 radical (unpaired) electrons. The average Bonchev–Trinajstić information content (AvgIpc) is 3.51. The molecule has 35 heavy (non-hydrogen) atoms. The van der Waals surface area contributed by atoms with Gasteiger partial charge in [0.05, 0.1) is 24.0 Å². The molecule has 0 spiro atoms. The topological polar surface area (TPSA) is 91.8 Å². The van der Waals surface area contributed by atoms with Gasteiger partial charge in [-0.25, -0.2) is 18.8 Å². The molecular formula is C23H21F5N4O3. The number of aromatic amines is 1. The fourth-order valence-electron chi connectivity index (χ4n) is 4.05. The Kier molecular flexibility index (Phi) is 5.38. The van der Waals surface area contributed by atoms with Crippen LogP contribution in [0.25, 0.3) is 11.0 Å². The largest absolute Gasteiger partial charge is 0.464 e. The number of alkyl halides is 3. The van der Waals surface area contributed by atoms with Gasteiger partial charge < -0.3 is 24.9 Å². The van der Waals surface area contributed by atoms with Crippen LogP contribution in [-0.2, 0) is 10.2 Å². The normalized spacial score (nSPS) is 21.4. The first kappa shape index (κ1) is 23.3. The van der Waals surface area contributed by atoms with Crippen LogP contribution in [-0.4, -0.2) is 47.0 Å². The summed E-state index contributed by atoms with van der Waals surface area (Å²) in [6.07, 6.45) is -2.18. The van der Waals surface area contributed by atoms with E-state index in [-0.39, 0.29) is 66.7 Å². The van der Waals surface area contributed by atoms with Crippen LogP contribution in [0.15, 0.2) is 35.6 Å². The second-order valence-electron chi connectivity index (χ2n) is 9.19. The molecule has 2 aliphatic rings. The van der Waals surface area contributed by atoms with E-state index >= 15 is 0 Å². The van der Waals surface area contributed by atoms with Crippen molar-refractivity contribution in [3.05, 3.63) is 47.8 Å². The van der Waals surface area contributed by atoms with Crippen molar-refractivity contribution in [1.29, 1.82) is 0 Å². The number of nitrogens with one attached hydrogen (secondary N) is 2. The molecule has 3 aromatic rings. The molecule has 0 saturated heterocycles. The smallest absolute Gasteiger partial charge is 0.398 e. The minimum absolute atomic E-state index is 0.00471. The number of nitrogens with zero attached hydrogens (tertiary/aromatic N) is 2. The summed E-state index contributed by atoms with van der Waals surface area (Å²) in [4.78, 5) is 10.8. The lowest BCUT2D eigenvalue weighted by atomic mass is 9.93. The Morgan fingerprint density at radius 1 is 1.23 bits per heavy atom. The summed E-state index contributed by atoms with van der Waals surface area (Å²) >= 11 is 0. The molecule has 1 aliphatic carbocycles. The lowest BCUT2D eigenvalue weighted by Gasteiger charge is -2.30. The first-order valence-electron chi connectivity index (χ1n) is 10.8. The number of anilines is 1. The third-order valence-electron chi connectivity index (χ3n) is 6.35. The van der Waals surface area contributed by atoms with E-state index in [1.807, 2.05) is 0 Å². The molecule has 1 unspecified atom stereocenters. The van der Waals surface area contributed by atoms with E-state index in [2.05, 4.69) is 20.3 Å². The highest BCUT2D eigenvalue weighted by Gasteiger charge is 2.65. The van der Waals surface area contributed by atoms with Crippen LogP contribution >= 0.6 is 0 Å². The third-order valence-corrected chi connectivity index (χ3v) is 6.35. The maximum Gasteiger partial charge on any atom is 0.398 e. The molecule has 2 aromatic heterocycles. The van der Waals surface area contributed by atoms with Gasteiger partial charge in [0.15, 0.2) is 17.4 Å². The fraction of sp³-hybridized carbons (Fsp3) is 0.391. The zero-order chi connectivity index (χ0) is 25.0. The Bertz CT molecular complexity index is 1300. The number of aliphatic hydroxyl groups excluding tert-OH is 1. The van der Waals surface area contributed by atoms with E-state index in [9.17, 15) is 27.1 Å². The maximum atomic E-state index is 14.9. The van der Waals surface area contributed by atoms with Gasteiger partial charge in [0.25, 0.3) is 6.02 Å². The second-order valence-corrected chi connectivity index (χ2v) is 9.19. The number of rotatable bonds is 5. The Labute approximate surface area is 196 Å². The van der Waals surface area contributed by atoms with E-state index in [1.54, 1.807) is 6.92 Å². The minimum Gasteiger partial charge on any atom is -0.464 e. The van der Waals surface area contributed by atoms with Crippen molar-refractivity contribution in [2.24, 2.45) is 10.4 Å². The van der Waals surface area contributed by atoms with Crippen molar-refractivity contribution < 1.29 is 36.5 Å². The number of amidine groups is 1. The lowest BCUT2D eigenvalue weighted by Crippen LogP contribution is -2.38. The number of halogens is 5. The summed E-state index contributed by atoms with van der Waals surface area (Å²) in [7, 11) is 0. The highest BCUT2D eigenvalue weighted by atomic mass is 19.4. The molecule has 12 heteroatoms. The van der Waals surface area contributed by atoms with E-state index < -0.39 is 34.4 Å². The summed E-state index contributed by atoms with van der Waals surface area (Å²) in [5.74, 6) is -3.08. The Morgan fingerprint density at radius 2 is 1.94 bits per heavy atom. The predicted octanol–water partition coefficient (Wildman–Crippen LogP) is 5.02. The number of fused-ring (bicyclic) bond motifs is 1. The first-order valence-corrected chi connectivity index (χ1v) is 10.8. The molecule has 5 rings (SSSR count). The van der Waals surface area contributed by atoms with Crippen molar-refractivity contribution in [2.75, 3.05) is 25.1 Å². The summed E-state index contributed by atoms with van der Waals surface area (Å²) in [6.45, 7) is 2.07. The van der Waals surface area contributed by atoms with Crippen LogP contribution in [0, 0.1) is 17.0 Å². The van der Waals surface area contributed by atoms with Gasteiger partial charge in [-0.05, 0) is 24.5 Å². The van der Waals surface area contributed by atoms with Crippen LogP contribution in [0.4, 0.5) is 27.6 Å². The monoisotopic (exact) mass is 496 g/mol. The molecule has 0 amide bonds. The number of pyridine rings is 1. The number of ether oxygens (including phenoxy) is 2. The minimum atomic E-state index is -4.49. The van der Waals surface area contributed by atoms with Gasteiger partial charge in [0, 0.05) is 35.6 Å². The van der Waals surface area contributed by atoms with E-state index in [1.165, 1.54) is 18.5 Å². The van der Waals surface area contributed by atoms with Crippen molar-refractivity contribution in [2.45, 2.75) is 31.4 Å². The Morgan fingerprint density at radius 3 is 2.51 bits per heavy atom. The molecule has 1 saturated carbocycles. The fourth-order valence-corrected chi connectivity index (χ4v) is 4.05. The molecule has 1 fully saturated rings. The third kappa shape index (κ3) is 4.05. The number of H-pyrrole nitrogens is 1. The van der Waals surface area contributed by atoms with E-state index in [0.29, 0.717) is 0 Å². The molecule has 7 nitrogen and oxygen atoms in total. The van der Waals surface area contributed by atoms with Crippen LogP contribution in [0.3, 0.4) is 0 Å². The molecule has 3 N–H and O–H groups in total. The summed E-state index contributed by atoms with van der Waals surface area (Å²) < 4.78 is 81.8. The molecule has 1 aromatic carbocycles. The van der Waals surface area contributed by atoms with Gasteiger partial charge in [-0.1, -0.05) is 6.92 Å². The molecule has 186 valence electrons. The maximum absolute atomic E-state index is 14.9. The second kappa shape index (κ2) is 8.08. The van der Waals surface area contributed by atoms with Crippen molar-refractivity contribution >= 4 is 22.7 Å². The van der Waals surface area contributed by atoms with Gasteiger partial charge in [0.2, 0.25) is 0 Å². The highest BCUT2D eigenvalue weighted by molar-refractivity contribution is 5.90. The van der Waals surface area contributed by atoms with Crippen molar-refractivity contribution in [3.8, 4) is 11.5 Å². The summed E-state index contributed by atoms with van der Waals surface area (Å²) in [5.41, 5.74) is -2.53. The first-order chi connectivity index (χ1) is 16.6. The Hall–Kier alpha value is -3.41. The van der Waals surface area contributed by atoms with Gasteiger partial charge in [-0.3, -0.25) is 0 Å². The summed E-state index contributed by atoms with van der Waals surface area (Å²) in [6, 6.07) is 3.22. The predicted molar refractivity (Wildman–Crippen MR) is 117 cm³/mol. The van der Waals surface area contributed by atoms with Gasteiger partial charge >= 0.3 is 6.18 Å². The molecular weight excluding hydrogens is 475 g/mol. The SMILES string of the molecule is CC1(CO)CN=C(Nc2cc(F)c(Oc3ccnc4[nH]cc(C5(C(F)(F)F)CC5)c34)c(F)c2)OC1. The molecule has 3 heterocycles. The van der Waals surface area contributed by atoms with Crippen LogP contribution < -0.4 is 10.1 Å². The Balaban J connectivity index is 1.44. The van der Waals surface area contributed by atoms with Crippen LogP contribution in [0.1, 0.15) is 25.3 Å². The highest BCUT2D eigenvalue weighted by Crippen LogP contribution is 2.61. The zero-order valence-corrected chi connectivity index (χ0v) is 18.5. The number of hydrogen-bond donors (Lipinski definition) is 3. The number of hydrogen-bond acceptors (Lipinski definition) is 6. The van der Waals surface area contributed by atoms with E-state index in [0.717, 1.165) is 12.1 Å². The average molecular weight is 496 g/mol.